The van der Waals surface area contributed by atoms with Gasteiger partial charge in [-0.1, -0.05) is 13.8 Å². The lowest BCUT2D eigenvalue weighted by Gasteiger charge is -2.18. The third kappa shape index (κ3) is 3.43. The zero-order valence-electron chi connectivity index (χ0n) is 11.1. The Bertz CT molecular complexity index is 364. The van der Waals surface area contributed by atoms with Gasteiger partial charge in [0.1, 0.15) is 5.82 Å². The van der Waals surface area contributed by atoms with Crippen LogP contribution in [-0.2, 0) is 6.54 Å². The Kier molecular flexibility index (Phi) is 4.00. The van der Waals surface area contributed by atoms with E-state index >= 15 is 0 Å². The van der Waals surface area contributed by atoms with Crippen LogP contribution in [0.3, 0.4) is 0 Å². The van der Waals surface area contributed by atoms with E-state index in [0.29, 0.717) is 0 Å². The summed E-state index contributed by atoms with van der Waals surface area (Å²) in [5.41, 5.74) is 1.31. The Morgan fingerprint density at radius 3 is 2.94 bits per heavy atom. The molecule has 94 valence electrons. The molecule has 1 aromatic rings. The molecule has 1 saturated carbocycles. The van der Waals surface area contributed by atoms with Gasteiger partial charge in [-0.05, 0) is 42.5 Å². The second-order valence-corrected chi connectivity index (χ2v) is 5.16. The van der Waals surface area contributed by atoms with Gasteiger partial charge < -0.3 is 10.2 Å². The molecule has 0 amide bonds. The van der Waals surface area contributed by atoms with Gasteiger partial charge in [0.25, 0.3) is 0 Å². The minimum Gasteiger partial charge on any atom is -0.359 e. The number of anilines is 1. The average Bonchev–Trinajstić information content (AvgIpc) is 3.02. The van der Waals surface area contributed by atoms with Crippen LogP contribution in [0.1, 0.15) is 25.8 Å². The molecular weight excluding hydrogens is 210 g/mol. The standard InChI is InChI=1S/C14H23N3/c1-4-15-9-12-5-6-16-14(8-12)17(3)10-13-7-11(13)2/h5-6,8,11,13,15H,4,7,9-10H2,1-3H3. The molecule has 0 aliphatic heterocycles. The minimum absolute atomic E-state index is 0.874. The number of hydrogen-bond acceptors (Lipinski definition) is 3. The maximum Gasteiger partial charge on any atom is 0.128 e. The summed E-state index contributed by atoms with van der Waals surface area (Å²) in [6.45, 7) is 7.53. The van der Waals surface area contributed by atoms with Gasteiger partial charge in [0.2, 0.25) is 0 Å². The number of nitrogens with zero attached hydrogens (tertiary/aromatic N) is 2. The lowest BCUT2D eigenvalue weighted by Crippen LogP contribution is -2.22. The first-order valence-corrected chi connectivity index (χ1v) is 6.57. The highest BCUT2D eigenvalue weighted by Crippen LogP contribution is 2.38. The molecule has 17 heavy (non-hydrogen) atoms. The van der Waals surface area contributed by atoms with Gasteiger partial charge >= 0.3 is 0 Å². The highest BCUT2D eigenvalue weighted by molar-refractivity contribution is 5.40. The maximum absolute atomic E-state index is 4.45. The fourth-order valence-electron chi connectivity index (χ4n) is 2.15. The van der Waals surface area contributed by atoms with E-state index in [1.54, 1.807) is 0 Å². The first-order valence-electron chi connectivity index (χ1n) is 6.57. The van der Waals surface area contributed by atoms with Crippen molar-refractivity contribution in [1.82, 2.24) is 10.3 Å². The predicted molar refractivity (Wildman–Crippen MR) is 72.2 cm³/mol. The topological polar surface area (TPSA) is 28.2 Å². The summed E-state index contributed by atoms with van der Waals surface area (Å²) in [5, 5.41) is 3.34. The Labute approximate surface area is 104 Å². The maximum atomic E-state index is 4.45. The number of hydrogen-bond donors (Lipinski definition) is 1. The van der Waals surface area contributed by atoms with Crippen molar-refractivity contribution >= 4 is 5.82 Å². The Hall–Kier alpha value is -1.09. The molecule has 3 heteroatoms. The Morgan fingerprint density at radius 1 is 1.53 bits per heavy atom. The molecule has 2 rings (SSSR count). The minimum atomic E-state index is 0.874. The Morgan fingerprint density at radius 2 is 2.29 bits per heavy atom. The summed E-state index contributed by atoms with van der Waals surface area (Å²) in [7, 11) is 2.14. The van der Waals surface area contributed by atoms with Crippen molar-refractivity contribution in [2.75, 3.05) is 25.0 Å². The summed E-state index contributed by atoms with van der Waals surface area (Å²) in [6.07, 6.45) is 3.29. The molecule has 2 atom stereocenters. The van der Waals surface area contributed by atoms with Crippen molar-refractivity contribution in [2.45, 2.75) is 26.8 Å². The molecular formula is C14H23N3. The van der Waals surface area contributed by atoms with Crippen LogP contribution < -0.4 is 10.2 Å². The van der Waals surface area contributed by atoms with Crippen LogP contribution in [-0.4, -0.2) is 25.1 Å². The molecule has 1 aliphatic carbocycles. The van der Waals surface area contributed by atoms with E-state index < -0.39 is 0 Å². The monoisotopic (exact) mass is 233 g/mol. The average molecular weight is 233 g/mol. The zero-order chi connectivity index (χ0) is 12.3. The molecule has 0 spiro atoms. The highest BCUT2D eigenvalue weighted by atomic mass is 15.2. The fraction of sp³-hybridized carbons (Fsp3) is 0.643. The van der Waals surface area contributed by atoms with E-state index in [-0.39, 0.29) is 0 Å². The molecule has 0 saturated heterocycles. The number of pyridine rings is 1. The summed E-state index contributed by atoms with van der Waals surface area (Å²) in [5.74, 6) is 2.88. The van der Waals surface area contributed by atoms with Crippen LogP contribution >= 0.6 is 0 Å². The summed E-state index contributed by atoms with van der Waals surface area (Å²) >= 11 is 0. The molecule has 0 aromatic carbocycles. The molecule has 1 aliphatic rings. The van der Waals surface area contributed by atoms with E-state index in [9.17, 15) is 0 Å². The van der Waals surface area contributed by atoms with Crippen molar-refractivity contribution in [3.63, 3.8) is 0 Å². The SMILES string of the molecule is CCNCc1ccnc(N(C)CC2CC2C)c1. The van der Waals surface area contributed by atoms with Crippen molar-refractivity contribution < 1.29 is 0 Å². The van der Waals surface area contributed by atoms with Crippen molar-refractivity contribution in [2.24, 2.45) is 11.8 Å². The lowest BCUT2D eigenvalue weighted by atomic mass is 10.2. The van der Waals surface area contributed by atoms with Crippen LogP contribution in [0.4, 0.5) is 5.82 Å². The van der Waals surface area contributed by atoms with Crippen LogP contribution in [0.5, 0.6) is 0 Å². The van der Waals surface area contributed by atoms with E-state index in [0.717, 1.165) is 37.3 Å². The second-order valence-electron chi connectivity index (χ2n) is 5.16. The molecule has 3 nitrogen and oxygen atoms in total. The predicted octanol–water partition coefficient (Wildman–Crippen LogP) is 2.28. The van der Waals surface area contributed by atoms with Gasteiger partial charge in [0, 0.05) is 26.3 Å². The van der Waals surface area contributed by atoms with Gasteiger partial charge in [-0.15, -0.1) is 0 Å². The van der Waals surface area contributed by atoms with Gasteiger partial charge in [-0.2, -0.15) is 0 Å². The largest absolute Gasteiger partial charge is 0.359 e. The number of rotatable bonds is 6. The molecule has 1 N–H and O–H groups in total. The second kappa shape index (κ2) is 5.50. The zero-order valence-corrected chi connectivity index (χ0v) is 11.1. The summed E-state index contributed by atoms with van der Waals surface area (Å²) in [6, 6.07) is 4.27. The van der Waals surface area contributed by atoms with Crippen LogP contribution in [0.2, 0.25) is 0 Å². The van der Waals surface area contributed by atoms with Gasteiger partial charge in [0.05, 0.1) is 0 Å². The molecule has 1 aromatic heterocycles. The number of aromatic nitrogens is 1. The van der Waals surface area contributed by atoms with Crippen molar-refractivity contribution in [1.29, 1.82) is 0 Å². The third-order valence-electron chi connectivity index (χ3n) is 3.56. The van der Waals surface area contributed by atoms with E-state index in [1.807, 2.05) is 6.20 Å². The summed E-state index contributed by atoms with van der Waals surface area (Å²) < 4.78 is 0. The van der Waals surface area contributed by atoms with Gasteiger partial charge in [-0.25, -0.2) is 4.98 Å². The highest BCUT2D eigenvalue weighted by Gasteiger charge is 2.33. The molecule has 0 bridgehead atoms. The van der Waals surface area contributed by atoms with E-state index in [4.69, 9.17) is 0 Å². The smallest absolute Gasteiger partial charge is 0.128 e. The molecule has 0 radical (unpaired) electrons. The van der Waals surface area contributed by atoms with E-state index in [2.05, 4.69) is 48.2 Å². The lowest BCUT2D eigenvalue weighted by molar-refractivity contribution is 0.712. The quantitative estimate of drug-likeness (QED) is 0.817. The van der Waals surface area contributed by atoms with Crippen LogP contribution in [0, 0.1) is 11.8 Å². The normalized spacial score (nSPS) is 22.5. The Balaban J connectivity index is 1.94. The first kappa shape index (κ1) is 12.4. The summed E-state index contributed by atoms with van der Waals surface area (Å²) in [4.78, 5) is 6.73. The molecule has 1 heterocycles. The molecule has 1 fully saturated rings. The fourth-order valence-corrected chi connectivity index (χ4v) is 2.15. The molecule has 2 unspecified atom stereocenters. The first-order chi connectivity index (χ1) is 8.20. The van der Waals surface area contributed by atoms with E-state index in [1.165, 1.54) is 12.0 Å². The van der Waals surface area contributed by atoms with Crippen molar-refractivity contribution in [3.8, 4) is 0 Å². The van der Waals surface area contributed by atoms with Gasteiger partial charge in [-0.3, -0.25) is 0 Å². The third-order valence-corrected chi connectivity index (χ3v) is 3.56. The number of nitrogens with one attached hydrogen (secondary N) is 1. The van der Waals surface area contributed by atoms with Crippen LogP contribution in [0.15, 0.2) is 18.3 Å². The van der Waals surface area contributed by atoms with Gasteiger partial charge in [0.15, 0.2) is 0 Å². The van der Waals surface area contributed by atoms with Crippen LogP contribution in [0.25, 0.3) is 0 Å². The van der Waals surface area contributed by atoms with Crippen molar-refractivity contribution in [3.05, 3.63) is 23.9 Å².